The summed E-state index contributed by atoms with van der Waals surface area (Å²) in [6.45, 7) is 2.35. The summed E-state index contributed by atoms with van der Waals surface area (Å²) in [6.07, 6.45) is 7.76. The third-order valence-corrected chi connectivity index (χ3v) is 5.05. The lowest BCUT2D eigenvalue weighted by Gasteiger charge is -2.23. The summed E-state index contributed by atoms with van der Waals surface area (Å²) in [5.74, 6) is 0.694. The zero-order valence-corrected chi connectivity index (χ0v) is 16.4. The van der Waals surface area contributed by atoms with Gasteiger partial charge in [-0.2, -0.15) is 9.36 Å². The van der Waals surface area contributed by atoms with Gasteiger partial charge in [-0.15, -0.1) is 0 Å². The molecular weight excluding hydrogens is 372 g/mol. The summed E-state index contributed by atoms with van der Waals surface area (Å²) in [5.41, 5.74) is 2.28. The molecule has 3 aromatic rings. The minimum Gasteiger partial charge on any atom is -0.493 e. The van der Waals surface area contributed by atoms with E-state index in [-0.39, 0.29) is 23.2 Å². The van der Waals surface area contributed by atoms with Crippen LogP contribution >= 0.6 is 0 Å². The first kappa shape index (κ1) is 18.7. The number of aromatic amines is 1. The number of nitrogens with zero attached hydrogens (tertiary/aromatic N) is 5. The van der Waals surface area contributed by atoms with E-state index in [0.717, 1.165) is 22.6 Å². The van der Waals surface area contributed by atoms with Gasteiger partial charge in [-0.3, -0.25) is 14.6 Å². The fraction of sp³-hybridized carbons (Fsp3) is 0.300. The summed E-state index contributed by atoms with van der Waals surface area (Å²) in [4.78, 5) is 23.9. The lowest BCUT2D eigenvalue weighted by Crippen LogP contribution is -2.32. The average molecular weight is 394 g/mol. The Morgan fingerprint density at radius 1 is 1.10 bits per heavy atom. The van der Waals surface area contributed by atoms with E-state index in [1.165, 1.54) is 14.0 Å². The zero-order valence-electron chi connectivity index (χ0n) is 16.4. The number of hydrogen-bond donors (Lipinski definition) is 1. The fourth-order valence-electron chi connectivity index (χ4n) is 3.37. The van der Waals surface area contributed by atoms with Crippen molar-refractivity contribution in [3.63, 3.8) is 0 Å². The molecule has 1 aliphatic carbocycles. The van der Waals surface area contributed by atoms with Crippen molar-refractivity contribution in [3.05, 3.63) is 75.0 Å². The maximum absolute atomic E-state index is 12.2. The molecule has 9 heteroatoms. The summed E-state index contributed by atoms with van der Waals surface area (Å²) in [7, 11) is 3.26. The van der Waals surface area contributed by atoms with Crippen molar-refractivity contribution < 1.29 is 4.74 Å². The molecule has 2 atom stereocenters. The van der Waals surface area contributed by atoms with E-state index in [1.807, 2.05) is 49.4 Å². The van der Waals surface area contributed by atoms with Crippen molar-refractivity contribution >= 4 is 0 Å². The van der Waals surface area contributed by atoms with Crippen LogP contribution in [0.15, 0.2) is 58.2 Å². The zero-order chi connectivity index (χ0) is 20.5. The van der Waals surface area contributed by atoms with Gasteiger partial charge >= 0.3 is 5.69 Å². The smallest absolute Gasteiger partial charge is 0.363 e. The van der Waals surface area contributed by atoms with Gasteiger partial charge in [0.1, 0.15) is 5.75 Å². The first-order valence-electron chi connectivity index (χ1n) is 9.27. The highest BCUT2D eigenvalue weighted by Gasteiger charge is 2.25. The second kappa shape index (κ2) is 7.42. The SMILES string of the molecule is Cc1cc(-c2cc(=O)n(C)[nH]2)ccc1OCC1C=CC=CC1n1nnn(C)c1=O. The van der Waals surface area contributed by atoms with Gasteiger partial charge in [0, 0.05) is 31.6 Å². The van der Waals surface area contributed by atoms with Crippen LogP contribution in [0.4, 0.5) is 0 Å². The lowest BCUT2D eigenvalue weighted by atomic mass is 9.96. The number of tetrazole rings is 1. The normalized spacial score (nSPS) is 18.3. The lowest BCUT2D eigenvalue weighted by molar-refractivity contribution is 0.235. The number of ether oxygens (including phenoxy) is 1. The van der Waals surface area contributed by atoms with Crippen LogP contribution in [0, 0.1) is 12.8 Å². The maximum atomic E-state index is 12.2. The van der Waals surface area contributed by atoms with Crippen molar-refractivity contribution in [2.24, 2.45) is 20.0 Å². The Labute approximate surface area is 166 Å². The molecule has 1 aromatic carbocycles. The summed E-state index contributed by atoms with van der Waals surface area (Å²) < 4.78 is 10.1. The second-order valence-electron chi connectivity index (χ2n) is 7.11. The molecule has 0 radical (unpaired) electrons. The molecular formula is C20H22N6O3. The Bertz CT molecular complexity index is 1210. The molecule has 0 spiro atoms. The molecule has 0 bridgehead atoms. The molecule has 0 amide bonds. The Morgan fingerprint density at radius 2 is 1.90 bits per heavy atom. The number of aromatic nitrogens is 6. The largest absolute Gasteiger partial charge is 0.493 e. The maximum Gasteiger partial charge on any atom is 0.363 e. The standard InChI is InChI=1S/C20H22N6O3/c1-13-10-14(16-11-19(27)24(2)21-16)8-9-18(13)29-12-15-6-4-5-7-17(15)26-20(28)25(3)22-23-26/h4-11,15,17,21H,12H2,1-3H3. The van der Waals surface area contributed by atoms with Crippen molar-refractivity contribution in [3.8, 4) is 17.0 Å². The quantitative estimate of drug-likeness (QED) is 0.704. The minimum absolute atomic E-state index is 0.0565. The van der Waals surface area contributed by atoms with Crippen molar-refractivity contribution in [2.45, 2.75) is 13.0 Å². The molecule has 0 fully saturated rings. The second-order valence-corrected chi connectivity index (χ2v) is 7.11. The van der Waals surface area contributed by atoms with E-state index >= 15 is 0 Å². The number of H-pyrrole nitrogens is 1. The third-order valence-electron chi connectivity index (χ3n) is 5.05. The number of benzene rings is 1. The number of aryl methyl sites for hydroxylation is 3. The number of nitrogens with one attached hydrogen (secondary N) is 1. The van der Waals surface area contributed by atoms with E-state index in [0.29, 0.717) is 6.61 Å². The van der Waals surface area contributed by atoms with Crippen LogP contribution in [-0.2, 0) is 14.1 Å². The molecule has 2 heterocycles. The van der Waals surface area contributed by atoms with Gasteiger partial charge in [0.05, 0.1) is 18.3 Å². The first-order chi connectivity index (χ1) is 13.9. The molecule has 0 saturated heterocycles. The van der Waals surface area contributed by atoms with E-state index in [2.05, 4.69) is 15.5 Å². The Kier molecular flexibility index (Phi) is 4.79. The summed E-state index contributed by atoms with van der Waals surface area (Å²) >= 11 is 0. The molecule has 1 N–H and O–H groups in total. The van der Waals surface area contributed by atoms with Crippen LogP contribution in [-0.4, -0.2) is 36.2 Å². The van der Waals surface area contributed by atoms with E-state index in [9.17, 15) is 9.59 Å². The average Bonchev–Trinajstić information content (AvgIpc) is 3.22. The minimum atomic E-state index is -0.266. The van der Waals surface area contributed by atoms with Crippen LogP contribution < -0.4 is 16.0 Å². The van der Waals surface area contributed by atoms with Crippen LogP contribution in [0.1, 0.15) is 11.6 Å². The predicted octanol–water partition coefficient (Wildman–Crippen LogP) is 1.34. The van der Waals surface area contributed by atoms with Gasteiger partial charge in [0.2, 0.25) is 0 Å². The number of allylic oxidation sites excluding steroid dienone is 3. The molecule has 150 valence electrons. The van der Waals surface area contributed by atoms with Crippen LogP contribution in [0.25, 0.3) is 11.3 Å². The molecule has 4 rings (SSSR count). The number of hydrogen-bond acceptors (Lipinski definition) is 5. The highest BCUT2D eigenvalue weighted by Crippen LogP contribution is 2.28. The van der Waals surface area contributed by atoms with Gasteiger partial charge in [-0.1, -0.05) is 24.3 Å². The van der Waals surface area contributed by atoms with Gasteiger partial charge in [-0.25, -0.2) is 4.79 Å². The van der Waals surface area contributed by atoms with E-state index in [1.54, 1.807) is 20.2 Å². The van der Waals surface area contributed by atoms with Gasteiger partial charge in [0.15, 0.2) is 0 Å². The predicted molar refractivity (Wildman–Crippen MR) is 108 cm³/mol. The van der Waals surface area contributed by atoms with Gasteiger partial charge in [0.25, 0.3) is 5.56 Å². The topological polar surface area (TPSA) is 99.7 Å². The van der Waals surface area contributed by atoms with Crippen molar-refractivity contribution in [1.82, 2.24) is 29.6 Å². The summed E-state index contributed by atoms with van der Waals surface area (Å²) in [5, 5.41) is 10.8. The molecule has 0 aliphatic heterocycles. The molecule has 9 nitrogen and oxygen atoms in total. The van der Waals surface area contributed by atoms with Gasteiger partial charge < -0.3 is 4.74 Å². The summed E-state index contributed by atoms with van der Waals surface area (Å²) in [6, 6.07) is 7.09. The first-order valence-corrected chi connectivity index (χ1v) is 9.27. The molecule has 1 aliphatic rings. The monoisotopic (exact) mass is 394 g/mol. The molecule has 2 unspecified atom stereocenters. The molecule has 29 heavy (non-hydrogen) atoms. The Morgan fingerprint density at radius 3 is 2.55 bits per heavy atom. The van der Waals surface area contributed by atoms with Crippen molar-refractivity contribution in [2.75, 3.05) is 6.61 Å². The van der Waals surface area contributed by atoms with E-state index < -0.39 is 0 Å². The molecule has 0 saturated carbocycles. The fourth-order valence-corrected chi connectivity index (χ4v) is 3.37. The van der Waals surface area contributed by atoms with Crippen LogP contribution in [0.3, 0.4) is 0 Å². The molecule has 2 aromatic heterocycles. The van der Waals surface area contributed by atoms with Crippen LogP contribution in [0.5, 0.6) is 5.75 Å². The Hall–Kier alpha value is -3.62. The Balaban J connectivity index is 1.51. The number of rotatable bonds is 5. The van der Waals surface area contributed by atoms with Crippen LogP contribution in [0.2, 0.25) is 0 Å². The highest BCUT2D eigenvalue weighted by molar-refractivity contribution is 5.61. The third kappa shape index (κ3) is 3.58. The highest BCUT2D eigenvalue weighted by atomic mass is 16.5. The van der Waals surface area contributed by atoms with Crippen molar-refractivity contribution in [1.29, 1.82) is 0 Å². The van der Waals surface area contributed by atoms with Gasteiger partial charge in [-0.05, 0) is 41.1 Å². The van der Waals surface area contributed by atoms with E-state index in [4.69, 9.17) is 4.74 Å².